The third kappa shape index (κ3) is 3.75. The molecule has 0 aliphatic heterocycles. The number of benzene rings is 1. The topological polar surface area (TPSA) is 47.0 Å². The van der Waals surface area contributed by atoms with Gasteiger partial charge < -0.3 is 10.1 Å². The summed E-state index contributed by atoms with van der Waals surface area (Å²) in [5.74, 6) is 1.02. The third-order valence-corrected chi connectivity index (χ3v) is 5.16. The quantitative estimate of drug-likeness (QED) is 0.846. The smallest absolute Gasteiger partial charge is 0.122 e. The molecular formula is C20H27N3O. The average molecular weight is 325 g/mol. The van der Waals surface area contributed by atoms with Crippen LogP contribution in [-0.2, 0) is 11.8 Å². The zero-order valence-corrected chi connectivity index (χ0v) is 14.7. The predicted octanol–water partition coefficient (Wildman–Crippen LogP) is 3.52. The van der Waals surface area contributed by atoms with E-state index in [0.29, 0.717) is 6.04 Å². The average Bonchev–Trinajstić information content (AvgIpc) is 3.11. The number of hydrogen-bond acceptors (Lipinski definition) is 4. The number of ether oxygens (including phenoxy) is 1. The van der Waals surface area contributed by atoms with Crippen LogP contribution in [0.4, 0.5) is 0 Å². The van der Waals surface area contributed by atoms with Crippen LogP contribution in [0.2, 0.25) is 0 Å². The third-order valence-electron chi connectivity index (χ3n) is 5.16. The fraction of sp³-hybridized carbons (Fsp3) is 0.500. The molecule has 1 N–H and O–H groups in total. The molecule has 0 bridgehead atoms. The van der Waals surface area contributed by atoms with Crippen molar-refractivity contribution in [2.75, 3.05) is 13.7 Å². The number of methoxy groups -OCH3 is 1. The van der Waals surface area contributed by atoms with Crippen molar-refractivity contribution in [1.29, 1.82) is 0 Å². The Balaban J connectivity index is 1.70. The lowest BCUT2D eigenvalue weighted by Gasteiger charge is -2.32. The van der Waals surface area contributed by atoms with E-state index in [1.807, 2.05) is 6.20 Å². The van der Waals surface area contributed by atoms with E-state index in [1.54, 1.807) is 19.5 Å². The van der Waals surface area contributed by atoms with E-state index >= 15 is 0 Å². The number of para-hydroxylation sites is 1. The lowest BCUT2D eigenvalue weighted by molar-refractivity contribution is 0.349. The highest BCUT2D eigenvalue weighted by atomic mass is 16.5. The van der Waals surface area contributed by atoms with Gasteiger partial charge in [-0.05, 0) is 25.8 Å². The Morgan fingerprint density at radius 1 is 1.21 bits per heavy atom. The number of hydrogen-bond donors (Lipinski definition) is 1. The molecule has 1 atom stereocenters. The molecule has 1 heterocycles. The number of nitrogens with one attached hydrogen (secondary N) is 1. The molecule has 128 valence electrons. The summed E-state index contributed by atoms with van der Waals surface area (Å²) in [6.45, 7) is 3.20. The maximum atomic E-state index is 5.64. The van der Waals surface area contributed by atoms with Gasteiger partial charge in [0.05, 0.1) is 12.8 Å². The Hall–Kier alpha value is -1.94. The molecule has 0 spiro atoms. The van der Waals surface area contributed by atoms with Gasteiger partial charge in [-0.25, -0.2) is 0 Å². The number of nitrogens with zero attached hydrogens (tertiary/aromatic N) is 2. The van der Waals surface area contributed by atoms with Crippen LogP contribution < -0.4 is 10.1 Å². The van der Waals surface area contributed by atoms with Crippen LogP contribution in [0.25, 0.3) is 0 Å². The molecule has 1 aliphatic rings. The second kappa shape index (κ2) is 7.75. The Kier molecular flexibility index (Phi) is 5.46. The standard InChI is InChI=1S/C20H27N3O/c1-16(13-17-14-21-11-12-22-17)23-15-20(9-5-6-10-20)18-7-3-4-8-19(18)24-2/h3-4,7-8,11-12,14,16,23H,5-6,9-10,13,15H2,1-2H3. The van der Waals surface area contributed by atoms with Gasteiger partial charge in [-0.3, -0.25) is 9.97 Å². The van der Waals surface area contributed by atoms with Crippen molar-refractivity contribution in [3.63, 3.8) is 0 Å². The van der Waals surface area contributed by atoms with Gasteiger partial charge in [0.2, 0.25) is 0 Å². The van der Waals surface area contributed by atoms with Gasteiger partial charge in [-0.1, -0.05) is 31.0 Å². The van der Waals surface area contributed by atoms with Crippen LogP contribution in [0.3, 0.4) is 0 Å². The van der Waals surface area contributed by atoms with Crippen LogP contribution >= 0.6 is 0 Å². The van der Waals surface area contributed by atoms with Gasteiger partial charge in [-0.15, -0.1) is 0 Å². The lowest BCUT2D eigenvalue weighted by atomic mass is 9.78. The minimum absolute atomic E-state index is 0.184. The fourth-order valence-corrected chi connectivity index (χ4v) is 3.87. The molecule has 1 aliphatic carbocycles. The molecule has 1 saturated carbocycles. The molecule has 1 fully saturated rings. The predicted molar refractivity (Wildman–Crippen MR) is 96.3 cm³/mol. The van der Waals surface area contributed by atoms with Crippen LogP contribution in [0.15, 0.2) is 42.9 Å². The Morgan fingerprint density at radius 3 is 2.71 bits per heavy atom. The molecule has 4 nitrogen and oxygen atoms in total. The summed E-state index contributed by atoms with van der Waals surface area (Å²) in [4.78, 5) is 8.53. The Morgan fingerprint density at radius 2 is 2.00 bits per heavy atom. The van der Waals surface area contributed by atoms with Crippen molar-refractivity contribution in [2.24, 2.45) is 0 Å². The molecule has 0 amide bonds. The summed E-state index contributed by atoms with van der Waals surface area (Å²) in [6, 6.07) is 8.86. The summed E-state index contributed by atoms with van der Waals surface area (Å²) < 4.78 is 5.64. The first-order valence-corrected chi connectivity index (χ1v) is 8.85. The minimum Gasteiger partial charge on any atom is -0.496 e. The molecule has 1 aromatic heterocycles. The molecule has 3 rings (SSSR count). The van der Waals surface area contributed by atoms with Gasteiger partial charge in [0, 0.05) is 48.6 Å². The summed E-state index contributed by atoms with van der Waals surface area (Å²) in [5.41, 5.74) is 2.57. The normalized spacial score (nSPS) is 17.6. The van der Waals surface area contributed by atoms with Crippen molar-refractivity contribution in [1.82, 2.24) is 15.3 Å². The second-order valence-electron chi connectivity index (χ2n) is 6.87. The van der Waals surface area contributed by atoms with E-state index in [2.05, 4.69) is 46.5 Å². The molecule has 1 unspecified atom stereocenters. The molecule has 0 saturated heterocycles. The van der Waals surface area contributed by atoms with Crippen LogP contribution in [0.5, 0.6) is 5.75 Å². The molecule has 24 heavy (non-hydrogen) atoms. The SMILES string of the molecule is COc1ccccc1C1(CNC(C)Cc2cnccn2)CCCC1. The highest BCUT2D eigenvalue weighted by Gasteiger charge is 2.37. The van der Waals surface area contributed by atoms with Crippen molar-refractivity contribution < 1.29 is 4.74 Å². The first-order valence-electron chi connectivity index (χ1n) is 8.85. The summed E-state index contributed by atoms with van der Waals surface area (Å²) in [7, 11) is 1.77. The first-order chi connectivity index (χ1) is 11.7. The zero-order chi connectivity index (χ0) is 16.8. The fourth-order valence-electron chi connectivity index (χ4n) is 3.87. The van der Waals surface area contributed by atoms with Gasteiger partial charge >= 0.3 is 0 Å². The zero-order valence-electron chi connectivity index (χ0n) is 14.7. The monoisotopic (exact) mass is 325 g/mol. The van der Waals surface area contributed by atoms with Crippen molar-refractivity contribution >= 4 is 0 Å². The number of rotatable bonds is 7. The summed E-state index contributed by atoms with van der Waals surface area (Å²) >= 11 is 0. The second-order valence-corrected chi connectivity index (χ2v) is 6.87. The highest BCUT2D eigenvalue weighted by Crippen LogP contribution is 2.44. The van der Waals surface area contributed by atoms with Gasteiger partial charge in [0.25, 0.3) is 0 Å². The Labute approximate surface area is 144 Å². The van der Waals surface area contributed by atoms with Gasteiger partial charge in [-0.2, -0.15) is 0 Å². The molecule has 4 heteroatoms. The van der Waals surface area contributed by atoms with E-state index in [9.17, 15) is 0 Å². The summed E-state index contributed by atoms with van der Waals surface area (Å²) in [6.07, 6.45) is 11.2. The van der Waals surface area contributed by atoms with Crippen LogP contribution in [-0.4, -0.2) is 29.7 Å². The highest BCUT2D eigenvalue weighted by molar-refractivity contribution is 5.40. The van der Waals surface area contributed by atoms with Crippen molar-refractivity contribution in [2.45, 2.75) is 50.5 Å². The molecular weight excluding hydrogens is 298 g/mol. The van der Waals surface area contributed by atoms with Crippen molar-refractivity contribution in [3.05, 3.63) is 54.1 Å². The van der Waals surface area contributed by atoms with Crippen LogP contribution in [0.1, 0.15) is 43.9 Å². The maximum absolute atomic E-state index is 5.64. The molecule has 1 aromatic carbocycles. The maximum Gasteiger partial charge on any atom is 0.122 e. The summed E-state index contributed by atoms with van der Waals surface area (Å²) in [5, 5.41) is 3.74. The van der Waals surface area contributed by atoms with Crippen molar-refractivity contribution in [3.8, 4) is 5.75 Å². The van der Waals surface area contributed by atoms with E-state index in [4.69, 9.17) is 4.74 Å². The van der Waals surface area contributed by atoms with Gasteiger partial charge in [0.1, 0.15) is 5.75 Å². The minimum atomic E-state index is 0.184. The molecule has 2 aromatic rings. The Bertz CT molecular complexity index is 638. The lowest BCUT2D eigenvalue weighted by Crippen LogP contribution is -2.41. The van der Waals surface area contributed by atoms with Crippen LogP contribution in [0, 0.1) is 0 Å². The van der Waals surface area contributed by atoms with E-state index < -0.39 is 0 Å². The largest absolute Gasteiger partial charge is 0.496 e. The van der Waals surface area contributed by atoms with E-state index in [1.165, 1.54) is 31.2 Å². The molecule has 0 radical (unpaired) electrons. The van der Waals surface area contributed by atoms with E-state index in [0.717, 1.165) is 24.4 Å². The first kappa shape index (κ1) is 16.9. The van der Waals surface area contributed by atoms with E-state index in [-0.39, 0.29) is 5.41 Å². The van der Waals surface area contributed by atoms with Gasteiger partial charge in [0.15, 0.2) is 0 Å². The number of aromatic nitrogens is 2.